The summed E-state index contributed by atoms with van der Waals surface area (Å²) in [5, 5.41) is 0. The summed E-state index contributed by atoms with van der Waals surface area (Å²) < 4.78 is 27.5. The molecular formula is C14H30O5. The molecule has 0 N–H and O–H groups in total. The zero-order chi connectivity index (χ0) is 14.3. The molecule has 0 aromatic carbocycles. The third-order valence-electron chi connectivity index (χ3n) is 2.43. The lowest BCUT2D eigenvalue weighted by Crippen LogP contribution is -2.31. The first kappa shape index (κ1) is 18.8. The van der Waals surface area contributed by atoms with Crippen molar-refractivity contribution in [3.8, 4) is 0 Å². The van der Waals surface area contributed by atoms with Crippen molar-refractivity contribution in [3.63, 3.8) is 0 Å². The minimum absolute atomic E-state index is 0.0145. The van der Waals surface area contributed by atoms with Crippen molar-refractivity contribution in [1.29, 1.82) is 0 Å². The van der Waals surface area contributed by atoms with Gasteiger partial charge in [0, 0.05) is 26.4 Å². The summed E-state index contributed by atoms with van der Waals surface area (Å²) in [5.41, 5.74) is 0. The summed E-state index contributed by atoms with van der Waals surface area (Å²) in [7, 11) is 0. The maximum Gasteiger partial charge on any atom is 0.104 e. The van der Waals surface area contributed by atoms with Gasteiger partial charge in [-0.2, -0.15) is 0 Å². The molecule has 0 saturated carbocycles. The molecule has 5 nitrogen and oxygen atoms in total. The molecule has 0 aliphatic carbocycles. The van der Waals surface area contributed by atoms with E-state index in [0.717, 1.165) is 0 Å². The molecule has 19 heavy (non-hydrogen) atoms. The number of hydrogen-bond acceptors (Lipinski definition) is 5. The van der Waals surface area contributed by atoms with Crippen LogP contribution in [-0.2, 0) is 23.7 Å². The first-order valence-corrected chi connectivity index (χ1v) is 7.24. The van der Waals surface area contributed by atoms with Gasteiger partial charge in [0.2, 0.25) is 0 Å². The molecule has 2 unspecified atom stereocenters. The average Bonchev–Trinajstić information content (AvgIpc) is 2.42. The Labute approximate surface area is 117 Å². The smallest absolute Gasteiger partial charge is 0.104 e. The van der Waals surface area contributed by atoms with E-state index in [1.54, 1.807) is 0 Å². The Kier molecular flexibility index (Phi) is 14.1. The normalized spacial score (nSPS) is 14.5. The predicted molar refractivity (Wildman–Crippen MR) is 74.6 cm³/mol. The minimum Gasteiger partial charge on any atom is -0.379 e. The molecule has 0 aromatic rings. The van der Waals surface area contributed by atoms with Gasteiger partial charge in [-0.1, -0.05) is 0 Å². The molecule has 0 aliphatic rings. The number of rotatable bonds is 14. The van der Waals surface area contributed by atoms with Gasteiger partial charge in [0.05, 0.1) is 26.4 Å². The van der Waals surface area contributed by atoms with E-state index in [2.05, 4.69) is 0 Å². The van der Waals surface area contributed by atoms with E-state index in [4.69, 9.17) is 23.7 Å². The Morgan fingerprint density at radius 1 is 0.526 bits per heavy atom. The van der Waals surface area contributed by atoms with Crippen molar-refractivity contribution >= 4 is 0 Å². The van der Waals surface area contributed by atoms with Crippen LogP contribution in [0, 0.1) is 0 Å². The fourth-order valence-electron chi connectivity index (χ4n) is 1.59. The van der Waals surface area contributed by atoms with Gasteiger partial charge in [-0.15, -0.1) is 0 Å². The standard InChI is InChI=1S/C14H30O5/c1-5-15-9-13(18-7-3)11-17-12-14(19-8-4)10-16-6-2/h13-14H,5-12H2,1-4H3. The summed E-state index contributed by atoms with van der Waals surface area (Å²) in [6.45, 7) is 12.7. The molecule has 0 spiro atoms. The summed E-state index contributed by atoms with van der Waals surface area (Å²) in [4.78, 5) is 0. The Bertz CT molecular complexity index is 159. The van der Waals surface area contributed by atoms with E-state index in [-0.39, 0.29) is 12.2 Å². The van der Waals surface area contributed by atoms with E-state index in [9.17, 15) is 0 Å². The summed E-state index contributed by atoms with van der Waals surface area (Å²) in [5.74, 6) is 0. The fraction of sp³-hybridized carbons (Fsp3) is 1.00. The highest BCUT2D eigenvalue weighted by Crippen LogP contribution is 2.00. The minimum atomic E-state index is -0.0145. The molecule has 116 valence electrons. The van der Waals surface area contributed by atoms with Crippen LogP contribution in [0.25, 0.3) is 0 Å². The SMILES string of the molecule is CCOCC(COCC(COCC)OCC)OCC. The second-order valence-electron chi connectivity index (χ2n) is 4.01. The summed E-state index contributed by atoms with van der Waals surface area (Å²) in [6, 6.07) is 0. The quantitative estimate of drug-likeness (QED) is 0.485. The van der Waals surface area contributed by atoms with Crippen LogP contribution in [0.2, 0.25) is 0 Å². The number of hydrogen-bond donors (Lipinski definition) is 0. The molecule has 0 amide bonds. The topological polar surface area (TPSA) is 46.2 Å². The summed E-state index contributed by atoms with van der Waals surface area (Å²) in [6.07, 6.45) is -0.0290. The van der Waals surface area contributed by atoms with Crippen LogP contribution in [0.1, 0.15) is 27.7 Å². The fourth-order valence-corrected chi connectivity index (χ4v) is 1.59. The van der Waals surface area contributed by atoms with Gasteiger partial charge in [0.25, 0.3) is 0 Å². The van der Waals surface area contributed by atoms with Crippen molar-refractivity contribution in [3.05, 3.63) is 0 Å². The molecule has 0 fully saturated rings. The van der Waals surface area contributed by atoms with E-state index in [0.29, 0.717) is 52.9 Å². The summed E-state index contributed by atoms with van der Waals surface area (Å²) >= 11 is 0. The van der Waals surface area contributed by atoms with Gasteiger partial charge in [-0.05, 0) is 27.7 Å². The third kappa shape index (κ3) is 11.3. The lowest BCUT2D eigenvalue weighted by atomic mass is 10.3. The molecular weight excluding hydrogens is 248 g/mol. The Balaban J connectivity index is 3.83. The molecule has 2 atom stereocenters. The highest BCUT2D eigenvalue weighted by molar-refractivity contribution is 4.59. The maximum absolute atomic E-state index is 5.65. The van der Waals surface area contributed by atoms with E-state index in [1.807, 2.05) is 27.7 Å². The molecule has 0 aliphatic heterocycles. The van der Waals surface area contributed by atoms with Crippen molar-refractivity contribution in [2.75, 3.05) is 52.9 Å². The van der Waals surface area contributed by atoms with Crippen LogP contribution in [-0.4, -0.2) is 65.1 Å². The van der Waals surface area contributed by atoms with Gasteiger partial charge in [0.15, 0.2) is 0 Å². The molecule has 5 heteroatoms. The molecule has 0 saturated heterocycles. The molecule has 0 heterocycles. The van der Waals surface area contributed by atoms with Crippen LogP contribution in [0.4, 0.5) is 0 Å². The lowest BCUT2D eigenvalue weighted by Gasteiger charge is -2.20. The Hall–Kier alpha value is -0.200. The number of ether oxygens (including phenoxy) is 5. The molecule has 0 radical (unpaired) electrons. The van der Waals surface area contributed by atoms with Gasteiger partial charge in [-0.25, -0.2) is 0 Å². The highest BCUT2D eigenvalue weighted by atomic mass is 16.6. The van der Waals surface area contributed by atoms with Crippen molar-refractivity contribution in [1.82, 2.24) is 0 Å². The van der Waals surface area contributed by atoms with Gasteiger partial charge < -0.3 is 23.7 Å². The van der Waals surface area contributed by atoms with Crippen LogP contribution < -0.4 is 0 Å². The predicted octanol–water partition coefficient (Wildman–Crippen LogP) is 1.89. The monoisotopic (exact) mass is 278 g/mol. The van der Waals surface area contributed by atoms with Crippen LogP contribution >= 0.6 is 0 Å². The van der Waals surface area contributed by atoms with Crippen LogP contribution in [0.5, 0.6) is 0 Å². The van der Waals surface area contributed by atoms with Gasteiger partial charge >= 0.3 is 0 Å². The maximum atomic E-state index is 5.65. The van der Waals surface area contributed by atoms with E-state index in [1.165, 1.54) is 0 Å². The largest absolute Gasteiger partial charge is 0.379 e. The Morgan fingerprint density at radius 3 is 1.21 bits per heavy atom. The highest BCUT2D eigenvalue weighted by Gasteiger charge is 2.13. The first-order chi connectivity index (χ1) is 9.28. The second-order valence-corrected chi connectivity index (χ2v) is 4.01. The zero-order valence-electron chi connectivity index (χ0n) is 12.9. The molecule has 0 rings (SSSR count). The van der Waals surface area contributed by atoms with Gasteiger partial charge in [0.1, 0.15) is 12.2 Å². The third-order valence-corrected chi connectivity index (χ3v) is 2.43. The second kappa shape index (κ2) is 14.2. The van der Waals surface area contributed by atoms with Crippen molar-refractivity contribution in [2.45, 2.75) is 39.9 Å². The molecule has 0 aromatic heterocycles. The van der Waals surface area contributed by atoms with E-state index >= 15 is 0 Å². The van der Waals surface area contributed by atoms with Gasteiger partial charge in [-0.3, -0.25) is 0 Å². The molecule has 0 bridgehead atoms. The van der Waals surface area contributed by atoms with Crippen molar-refractivity contribution < 1.29 is 23.7 Å². The first-order valence-electron chi connectivity index (χ1n) is 7.24. The van der Waals surface area contributed by atoms with Crippen LogP contribution in [0.3, 0.4) is 0 Å². The van der Waals surface area contributed by atoms with Crippen molar-refractivity contribution in [2.24, 2.45) is 0 Å². The van der Waals surface area contributed by atoms with Crippen LogP contribution in [0.15, 0.2) is 0 Å². The Morgan fingerprint density at radius 2 is 0.895 bits per heavy atom. The lowest BCUT2D eigenvalue weighted by molar-refractivity contribution is -0.0902. The average molecular weight is 278 g/mol. The zero-order valence-corrected chi connectivity index (χ0v) is 12.9. The van der Waals surface area contributed by atoms with E-state index < -0.39 is 0 Å².